The van der Waals surface area contributed by atoms with E-state index < -0.39 is 0 Å². The Labute approximate surface area is 142 Å². The first kappa shape index (κ1) is 14.9. The molecule has 0 fully saturated rings. The van der Waals surface area contributed by atoms with Crippen LogP contribution in [-0.4, -0.2) is 34.0 Å². The Kier molecular flexibility index (Phi) is 3.78. The Balaban J connectivity index is 1.84. The zero-order valence-corrected chi connectivity index (χ0v) is 14.1. The first-order chi connectivity index (χ1) is 11.7. The third-order valence-corrected chi connectivity index (χ3v) is 4.33. The molecule has 3 aromatic rings. The first-order valence-corrected chi connectivity index (χ1v) is 8.18. The summed E-state index contributed by atoms with van der Waals surface area (Å²) in [6.45, 7) is 2.36. The van der Waals surface area contributed by atoms with Gasteiger partial charge in [0, 0.05) is 24.3 Å². The average Bonchev–Trinajstić information content (AvgIpc) is 2.88. The summed E-state index contributed by atoms with van der Waals surface area (Å²) >= 11 is 0. The van der Waals surface area contributed by atoms with E-state index in [9.17, 15) is 0 Å². The van der Waals surface area contributed by atoms with Gasteiger partial charge < -0.3 is 9.80 Å². The molecule has 1 aliphatic rings. The largest absolute Gasteiger partial charge is 0.348 e. The molecule has 0 amide bonds. The highest BCUT2D eigenvalue weighted by Crippen LogP contribution is 2.32. The quantitative estimate of drug-likeness (QED) is 0.744. The molecule has 0 spiro atoms. The monoisotopic (exact) mass is 319 g/mol. The maximum Gasteiger partial charge on any atom is 0.114 e. The molecule has 1 aliphatic heterocycles. The summed E-state index contributed by atoms with van der Waals surface area (Å²) in [5.74, 6) is 0. The van der Waals surface area contributed by atoms with E-state index >= 15 is 0 Å². The molecule has 0 aliphatic carbocycles. The van der Waals surface area contributed by atoms with Gasteiger partial charge in [-0.15, -0.1) is 5.10 Å². The van der Waals surface area contributed by atoms with E-state index in [0.29, 0.717) is 6.67 Å². The van der Waals surface area contributed by atoms with Gasteiger partial charge in [-0.05, 0) is 31.8 Å². The van der Waals surface area contributed by atoms with E-state index in [4.69, 9.17) is 0 Å². The van der Waals surface area contributed by atoms with Gasteiger partial charge in [0.25, 0.3) is 0 Å². The van der Waals surface area contributed by atoms with Crippen molar-refractivity contribution in [2.75, 3.05) is 19.0 Å². The zero-order valence-electron chi connectivity index (χ0n) is 14.1. The third-order valence-electron chi connectivity index (χ3n) is 4.33. The van der Waals surface area contributed by atoms with E-state index in [1.807, 2.05) is 10.7 Å². The van der Waals surface area contributed by atoms with Crippen LogP contribution in [-0.2, 0) is 19.8 Å². The fourth-order valence-electron chi connectivity index (χ4n) is 3.27. The number of hydrogen-bond acceptors (Lipinski definition) is 4. The third kappa shape index (κ3) is 2.67. The second-order valence-corrected chi connectivity index (χ2v) is 6.45. The summed E-state index contributed by atoms with van der Waals surface area (Å²) in [7, 11) is 4.12. The summed E-state index contributed by atoms with van der Waals surface area (Å²) < 4.78 is 2.03. The standard InChI is InChI=1S/C19H21N5/c1-22(2)13-18-19-17-11-7-6-8-15(17)12-23(14-24(19)21-20-18)16-9-4-3-5-10-16/h3-11H,12-14H2,1-2H3. The van der Waals surface area contributed by atoms with Gasteiger partial charge in [-0.2, -0.15) is 0 Å². The zero-order chi connectivity index (χ0) is 16.5. The van der Waals surface area contributed by atoms with Crippen molar-refractivity contribution in [3.8, 4) is 11.3 Å². The number of fused-ring (bicyclic) bond motifs is 3. The molecule has 0 unspecified atom stereocenters. The van der Waals surface area contributed by atoms with Crippen molar-refractivity contribution >= 4 is 5.69 Å². The van der Waals surface area contributed by atoms with Crippen LogP contribution in [0.5, 0.6) is 0 Å². The second-order valence-electron chi connectivity index (χ2n) is 6.45. The van der Waals surface area contributed by atoms with Crippen LogP contribution >= 0.6 is 0 Å². The summed E-state index contributed by atoms with van der Waals surface area (Å²) in [6.07, 6.45) is 0. The van der Waals surface area contributed by atoms with E-state index in [0.717, 1.165) is 24.5 Å². The van der Waals surface area contributed by atoms with Crippen molar-refractivity contribution in [3.05, 3.63) is 65.9 Å². The number of aromatic nitrogens is 3. The fourth-order valence-corrected chi connectivity index (χ4v) is 3.27. The highest BCUT2D eigenvalue weighted by atomic mass is 15.5. The number of rotatable bonds is 3. The van der Waals surface area contributed by atoms with Crippen molar-refractivity contribution < 1.29 is 0 Å². The minimum atomic E-state index is 0.703. The first-order valence-electron chi connectivity index (χ1n) is 8.18. The topological polar surface area (TPSA) is 37.2 Å². The Morgan fingerprint density at radius 3 is 2.54 bits per heavy atom. The molecular formula is C19H21N5. The van der Waals surface area contributed by atoms with Gasteiger partial charge in [-0.25, -0.2) is 4.68 Å². The van der Waals surface area contributed by atoms with Crippen LogP contribution in [0.3, 0.4) is 0 Å². The summed E-state index contributed by atoms with van der Waals surface area (Å²) in [5, 5.41) is 8.89. The lowest BCUT2D eigenvalue weighted by atomic mass is 10.0. The van der Waals surface area contributed by atoms with Gasteiger partial charge in [-0.3, -0.25) is 0 Å². The number of para-hydroxylation sites is 1. The molecule has 0 N–H and O–H groups in total. The lowest BCUT2D eigenvalue weighted by Crippen LogP contribution is -2.24. The van der Waals surface area contributed by atoms with Crippen LogP contribution in [0.2, 0.25) is 0 Å². The van der Waals surface area contributed by atoms with Gasteiger partial charge >= 0.3 is 0 Å². The maximum atomic E-state index is 4.45. The van der Waals surface area contributed by atoms with Crippen LogP contribution < -0.4 is 4.90 Å². The molecule has 24 heavy (non-hydrogen) atoms. The number of hydrogen-bond donors (Lipinski definition) is 0. The summed E-state index contributed by atoms with van der Waals surface area (Å²) in [4.78, 5) is 4.47. The SMILES string of the molecule is CN(C)Cc1nnn2c1-c1ccccc1CN(c1ccccc1)C2. The second kappa shape index (κ2) is 6.09. The molecule has 122 valence electrons. The van der Waals surface area contributed by atoms with Gasteiger partial charge in [0.2, 0.25) is 0 Å². The molecule has 0 saturated heterocycles. The molecular weight excluding hydrogens is 298 g/mol. The van der Waals surface area contributed by atoms with Gasteiger partial charge in [0.15, 0.2) is 0 Å². The van der Waals surface area contributed by atoms with E-state index in [1.165, 1.54) is 16.8 Å². The van der Waals surface area contributed by atoms with Crippen LogP contribution in [0, 0.1) is 0 Å². The normalized spacial score (nSPS) is 13.5. The molecule has 0 radical (unpaired) electrons. The van der Waals surface area contributed by atoms with Crippen LogP contribution in [0.1, 0.15) is 11.3 Å². The predicted octanol–water partition coefficient (Wildman–Crippen LogP) is 2.98. The van der Waals surface area contributed by atoms with Crippen molar-refractivity contribution in [1.29, 1.82) is 0 Å². The number of anilines is 1. The van der Waals surface area contributed by atoms with Crippen LogP contribution in [0.4, 0.5) is 5.69 Å². The lowest BCUT2D eigenvalue weighted by Gasteiger charge is -2.23. The molecule has 5 heteroatoms. The molecule has 0 saturated carbocycles. The van der Waals surface area contributed by atoms with Crippen LogP contribution in [0.25, 0.3) is 11.3 Å². The van der Waals surface area contributed by atoms with Crippen molar-refractivity contribution in [2.45, 2.75) is 19.8 Å². The molecule has 5 nitrogen and oxygen atoms in total. The van der Waals surface area contributed by atoms with Crippen LogP contribution in [0.15, 0.2) is 54.6 Å². The highest BCUT2D eigenvalue weighted by Gasteiger charge is 2.24. The predicted molar refractivity (Wildman–Crippen MR) is 95.5 cm³/mol. The Morgan fingerprint density at radius 2 is 1.75 bits per heavy atom. The van der Waals surface area contributed by atoms with Gasteiger partial charge in [-0.1, -0.05) is 47.7 Å². The van der Waals surface area contributed by atoms with Gasteiger partial charge in [0.1, 0.15) is 12.4 Å². The molecule has 0 bridgehead atoms. The minimum absolute atomic E-state index is 0.703. The minimum Gasteiger partial charge on any atom is -0.348 e. The number of benzene rings is 2. The van der Waals surface area contributed by atoms with E-state index in [1.54, 1.807) is 0 Å². The molecule has 1 aromatic heterocycles. The average molecular weight is 319 g/mol. The fraction of sp³-hybridized carbons (Fsp3) is 0.263. The van der Waals surface area contributed by atoms with Crippen molar-refractivity contribution in [1.82, 2.24) is 19.9 Å². The molecule has 0 atom stereocenters. The summed E-state index contributed by atoms with van der Waals surface area (Å²) in [6, 6.07) is 19.1. The Hall–Kier alpha value is -2.66. The maximum absolute atomic E-state index is 4.45. The summed E-state index contributed by atoms with van der Waals surface area (Å²) in [5.41, 5.74) is 5.91. The van der Waals surface area contributed by atoms with Gasteiger partial charge in [0.05, 0.1) is 5.69 Å². The Bertz CT molecular complexity index is 838. The molecule has 4 rings (SSSR count). The molecule has 2 heterocycles. The lowest BCUT2D eigenvalue weighted by molar-refractivity contribution is 0.397. The van der Waals surface area contributed by atoms with E-state index in [-0.39, 0.29) is 0 Å². The smallest absolute Gasteiger partial charge is 0.114 e. The van der Waals surface area contributed by atoms with Crippen molar-refractivity contribution in [3.63, 3.8) is 0 Å². The molecule has 2 aromatic carbocycles. The van der Waals surface area contributed by atoms with E-state index in [2.05, 4.69) is 82.7 Å². The highest BCUT2D eigenvalue weighted by molar-refractivity contribution is 5.68. The Morgan fingerprint density at radius 1 is 1.00 bits per heavy atom. The van der Waals surface area contributed by atoms with Crippen molar-refractivity contribution in [2.24, 2.45) is 0 Å². The number of nitrogens with zero attached hydrogens (tertiary/aromatic N) is 5.